The van der Waals surface area contributed by atoms with Crippen LogP contribution < -0.4 is 10.0 Å². The first-order valence-electron chi connectivity index (χ1n) is 9.39. The quantitative estimate of drug-likeness (QED) is 0.573. The minimum Gasteiger partial charge on any atom is -0.324 e. The van der Waals surface area contributed by atoms with Crippen molar-refractivity contribution in [2.24, 2.45) is 4.99 Å². The summed E-state index contributed by atoms with van der Waals surface area (Å²) in [5.74, 6) is -3.02. The number of hydrogen-bond acceptors (Lipinski definition) is 4. The predicted molar refractivity (Wildman–Crippen MR) is 115 cm³/mol. The van der Waals surface area contributed by atoms with Gasteiger partial charge in [-0.05, 0) is 35.9 Å². The molecule has 2 heterocycles. The van der Waals surface area contributed by atoms with E-state index in [1.54, 1.807) is 6.92 Å². The van der Waals surface area contributed by atoms with Gasteiger partial charge in [-0.3, -0.25) is 4.98 Å². The predicted octanol–water partition coefficient (Wildman–Crippen LogP) is 4.56. The molecular formula is C21H16ClF3N4O2S. The number of pyridine rings is 1. The van der Waals surface area contributed by atoms with E-state index in [1.807, 2.05) is 0 Å². The van der Waals surface area contributed by atoms with Gasteiger partial charge in [0, 0.05) is 17.7 Å². The molecule has 0 spiro atoms. The monoisotopic (exact) mass is 480 g/mol. The normalized spacial score (nSPS) is 16.7. The van der Waals surface area contributed by atoms with Crippen LogP contribution in [0.5, 0.6) is 0 Å². The molecule has 0 radical (unpaired) electrons. The molecule has 4 rings (SSSR count). The van der Waals surface area contributed by atoms with Crippen molar-refractivity contribution >= 4 is 33.3 Å². The van der Waals surface area contributed by atoms with Gasteiger partial charge >= 0.3 is 0 Å². The van der Waals surface area contributed by atoms with E-state index in [2.05, 4.69) is 20.0 Å². The molecule has 0 saturated carbocycles. The summed E-state index contributed by atoms with van der Waals surface area (Å²) in [6.45, 7) is 1.32. The largest absolute Gasteiger partial charge is 0.324 e. The third kappa shape index (κ3) is 4.03. The zero-order valence-corrected chi connectivity index (χ0v) is 18.1. The van der Waals surface area contributed by atoms with Gasteiger partial charge in [0.05, 0.1) is 22.9 Å². The molecule has 1 aliphatic heterocycles. The number of fused-ring (bicyclic) bond motifs is 1. The van der Waals surface area contributed by atoms with Crippen LogP contribution in [0, 0.1) is 17.5 Å². The SMILES string of the molecule is C[C@H](c1cccc(F)c1Cl)c1c(F)ccc2c1NC(=NCc1ncccc1F)NS2(=O)=O. The summed E-state index contributed by atoms with van der Waals surface area (Å²) in [6, 6.07) is 8.88. The van der Waals surface area contributed by atoms with Crippen LogP contribution >= 0.6 is 11.6 Å². The number of aromatic nitrogens is 1. The zero-order valence-electron chi connectivity index (χ0n) is 16.5. The summed E-state index contributed by atoms with van der Waals surface area (Å²) in [5.41, 5.74) is 0.200. The molecule has 3 aromatic rings. The molecular weight excluding hydrogens is 465 g/mol. The lowest BCUT2D eigenvalue weighted by atomic mass is 9.91. The van der Waals surface area contributed by atoms with Crippen LogP contribution in [0.2, 0.25) is 5.02 Å². The lowest BCUT2D eigenvalue weighted by Gasteiger charge is -2.27. The van der Waals surface area contributed by atoms with E-state index >= 15 is 0 Å². The molecule has 166 valence electrons. The van der Waals surface area contributed by atoms with Crippen molar-refractivity contribution in [1.82, 2.24) is 9.71 Å². The summed E-state index contributed by atoms with van der Waals surface area (Å²) in [7, 11) is -4.11. The van der Waals surface area contributed by atoms with E-state index in [0.29, 0.717) is 0 Å². The number of aliphatic imine (C=N–C) groups is 1. The highest BCUT2D eigenvalue weighted by Crippen LogP contribution is 2.40. The number of sulfonamides is 1. The molecule has 1 aliphatic rings. The van der Waals surface area contributed by atoms with E-state index in [4.69, 9.17) is 11.6 Å². The minimum absolute atomic E-state index is 0.00571. The summed E-state index contributed by atoms with van der Waals surface area (Å²) in [4.78, 5) is 7.70. The number of guanidine groups is 1. The molecule has 1 aromatic heterocycles. The fraction of sp³-hybridized carbons (Fsp3) is 0.143. The van der Waals surface area contributed by atoms with Gasteiger partial charge in [0.25, 0.3) is 10.0 Å². The van der Waals surface area contributed by atoms with E-state index in [-0.39, 0.29) is 44.9 Å². The molecule has 1 atom stereocenters. The number of anilines is 1. The topological polar surface area (TPSA) is 83.4 Å². The van der Waals surface area contributed by atoms with Crippen LogP contribution in [0.4, 0.5) is 18.9 Å². The van der Waals surface area contributed by atoms with Gasteiger partial charge < -0.3 is 5.32 Å². The Morgan fingerprint density at radius 1 is 1.06 bits per heavy atom. The van der Waals surface area contributed by atoms with Gasteiger partial charge in [-0.2, -0.15) is 0 Å². The fourth-order valence-corrected chi connectivity index (χ4v) is 4.89. The van der Waals surface area contributed by atoms with Crippen molar-refractivity contribution in [3.8, 4) is 0 Å². The van der Waals surface area contributed by atoms with Crippen molar-refractivity contribution < 1.29 is 21.6 Å². The Morgan fingerprint density at radius 3 is 2.56 bits per heavy atom. The highest BCUT2D eigenvalue weighted by atomic mass is 35.5. The molecule has 0 bridgehead atoms. The first-order valence-corrected chi connectivity index (χ1v) is 11.2. The smallest absolute Gasteiger partial charge is 0.266 e. The van der Waals surface area contributed by atoms with Crippen molar-refractivity contribution in [3.63, 3.8) is 0 Å². The molecule has 0 aliphatic carbocycles. The maximum Gasteiger partial charge on any atom is 0.266 e. The highest BCUT2D eigenvalue weighted by Gasteiger charge is 2.32. The van der Waals surface area contributed by atoms with Gasteiger partial charge in [0.15, 0.2) is 0 Å². The average Bonchev–Trinajstić information content (AvgIpc) is 2.74. The first-order chi connectivity index (χ1) is 15.2. The van der Waals surface area contributed by atoms with E-state index in [9.17, 15) is 21.6 Å². The number of benzene rings is 2. The number of halogens is 4. The van der Waals surface area contributed by atoms with E-state index in [0.717, 1.165) is 12.1 Å². The molecule has 2 N–H and O–H groups in total. The summed E-state index contributed by atoms with van der Waals surface area (Å²) >= 11 is 6.08. The molecule has 32 heavy (non-hydrogen) atoms. The highest BCUT2D eigenvalue weighted by molar-refractivity contribution is 7.90. The van der Waals surface area contributed by atoms with Crippen LogP contribution in [0.3, 0.4) is 0 Å². The summed E-state index contributed by atoms with van der Waals surface area (Å²) < 4.78 is 70.5. The Labute approximate surface area is 187 Å². The van der Waals surface area contributed by atoms with Crippen LogP contribution in [0.15, 0.2) is 58.5 Å². The van der Waals surface area contributed by atoms with Crippen LogP contribution in [0.1, 0.15) is 29.7 Å². The molecule has 0 unspecified atom stereocenters. The molecule has 0 saturated heterocycles. The minimum atomic E-state index is -4.11. The third-order valence-corrected chi connectivity index (χ3v) is 6.80. The van der Waals surface area contributed by atoms with Crippen molar-refractivity contribution in [1.29, 1.82) is 0 Å². The van der Waals surface area contributed by atoms with E-state index in [1.165, 1.54) is 36.5 Å². The van der Waals surface area contributed by atoms with Crippen molar-refractivity contribution in [3.05, 3.63) is 88.0 Å². The van der Waals surface area contributed by atoms with Crippen LogP contribution in [-0.2, 0) is 16.6 Å². The lowest BCUT2D eigenvalue weighted by Crippen LogP contribution is -2.41. The summed E-state index contributed by atoms with van der Waals surface area (Å²) in [6.07, 6.45) is 1.38. The van der Waals surface area contributed by atoms with Gasteiger partial charge in [0.1, 0.15) is 22.3 Å². The number of hydrogen-bond donors (Lipinski definition) is 2. The van der Waals surface area contributed by atoms with Crippen LogP contribution in [0.25, 0.3) is 0 Å². The first kappa shape index (κ1) is 22.1. The molecule has 2 aromatic carbocycles. The fourth-order valence-electron chi connectivity index (χ4n) is 3.45. The second-order valence-corrected chi connectivity index (χ2v) is 9.05. The average molecular weight is 481 g/mol. The third-order valence-electron chi connectivity index (χ3n) is 5.02. The number of rotatable bonds is 4. The zero-order chi connectivity index (χ0) is 23.0. The second kappa shape index (κ2) is 8.44. The Hall–Kier alpha value is -3.11. The van der Waals surface area contributed by atoms with Gasteiger partial charge in [-0.1, -0.05) is 30.7 Å². The second-order valence-electron chi connectivity index (χ2n) is 7.03. The Balaban J connectivity index is 1.80. The van der Waals surface area contributed by atoms with Crippen molar-refractivity contribution in [2.75, 3.05) is 5.32 Å². The van der Waals surface area contributed by atoms with Gasteiger partial charge in [0.2, 0.25) is 5.96 Å². The maximum absolute atomic E-state index is 14.9. The van der Waals surface area contributed by atoms with E-state index < -0.39 is 33.4 Å². The molecule has 0 amide bonds. The Morgan fingerprint density at radius 2 is 1.81 bits per heavy atom. The molecule has 0 fully saturated rings. The lowest BCUT2D eigenvalue weighted by molar-refractivity contribution is 0.585. The maximum atomic E-state index is 14.9. The summed E-state index contributed by atoms with van der Waals surface area (Å²) in [5, 5.41) is 2.58. The molecule has 11 heteroatoms. The number of nitrogens with one attached hydrogen (secondary N) is 2. The Bertz CT molecular complexity index is 1350. The van der Waals surface area contributed by atoms with Gasteiger partial charge in [-0.25, -0.2) is 31.3 Å². The number of nitrogens with zero attached hydrogens (tertiary/aromatic N) is 2. The van der Waals surface area contributed by atoms with Crippen LogP contribution in [-0.4, -0.2) is 19.4 Å². The Kier molecular flexibility index (Phi) is 5.83. The standard InChI is InChI=1S/C21H16ClF3N4O2S/c1-11(12-4-2-5-15(25)19(12)22)18-14(24)7-8-17-20(18)28-21(29-32(17,30)31)27-10-16-13(23)6-3-9-26-16/h2-9,11H,10H2,1H3,(H2,27,28,29)/t11-/m1/s1. The van der Waals surface area contributed by atoms with Crippen molar-refractivity contribution in [2.45, 2.75) is 24.3 Å². The molecule has 6 nitrogen and oxygen atoms in total. The van der Waals surface area contributed by atoms with Gasteiger partial charge in [-0.15, -0.1) is 0 Å².